The smallest absolute Gasteiger partial charge is 0.387 e. The van der Waals surface area contributed by atoms with Crippen LogP contribution in [-0.2, 0) is 11.2 Å². The van der Waals surface area contributed by atoms with Crippen molar-refractivity contribution in [2.24, 2.45) is 5.73 Å². The Morgan fingerprint density at radius 3 is 2.86 bits per heavy atom. The summed E-state index contributed by atoms with van der Waals surface area (Å²) in [6, 6.07) is 4.09. The van der Waals surface area contributed by atoms with Crippen LogP contribution in [0.5, 0.6) is 5.75 Å². The fourth-order valence-corrected chi connectivity index (χ4v) is 2.76. The molecule has 0 radical (unpaired) electrons. The maximum Gasteiger partial charge on any atom is 0.387 e. The predicted octanol–water partition coefficient (Wildman–Crippen LogP) is 1.64. The number of aromatic nitrogens is 1. The van der Waals surface area contributed by atoms with Crippen LogP contribution in [0.15, 0.2) is 23.0 Å². The number of amides is 1. The fraction of sp³-hybridized carbons (Fsp3) is 0.286. The highest BCUT2D eigenvalue weighted by molar-refractivity contribution is 5.86. The number of rotatable bonds is 3. The molecule has 0 bridgehead atoms. The lowest BCUT2D eigenvalue weighted by atomic mass is 10.1. The molecule has 0 spiro atoms. The molecular formula is C14H12F2N2O3. The van der Waals surface area contributed by atoms with Crippen LogP contribution in [0.4, 0.5) is 8.78 Å². The summed E-state index contributed by atoms with van der Waals surface area (Å²) in [5, 5.41) is 0.261. The summed E-state index contributed by atoms with van der Waals surface area (Å²) in [4.78, 5) is 26.8. The summed E-state index contributed by atoms with van der Waals surface area (Å²) in [6.07, 6.45) is 0.918. The van der Waals surface area contributed by atoms with Crippen LogP contribution in [0, 0.1) is 0 Å². The van der Waals surface area contributed by atoms with Crippen LogP contribution >= 0.6 is 0 Å². The van der Waals surface area contributed by atoms with Crippen LogP contribution in [0.1, 0.15) is 23.6 Å². The second-order valence-electron chi connectivity index (χ2n) is 4.93. The summed E-state index contributed by atoms with van der Waals surface area (Å²) in [5.74, 6) is -1.07. The Labute approximate surface area is 117 Å². The normalized spacial score (nSPS) is 17.2. The third-order valence-electron chi connectivity index (χ3n) is 3.70. The second-order valence-corrected chi connectivity index (χ2v) is 4.93. The van der Waals surface area contributed by atoms with E-state index in [1.807, 2.05) is 0 Å². The van der Waals surface area contributed by atoms with Gasteiger partial charge in [0.15, 0.2) is 5.43 Å². The number of carbonyl (C=O) groups excluding carboxylic acids is 1. The van der Waals surface area contributed by atoms with E-state index in [2.05, 4.69) is 9.72 Å². The third-order valence-corrected chi connectivity index (χ3v) is 3.70. The van der Waals surface area contributed by atoms with Crippen molar-refractivity contribution in [1.82, 2.24) is 4.98 Å². The van der Waals surface area contributed by atoms with Gasteiger partial charge in [0, 0.05) is 22.2 Å². The molecule has 0 fully saturated rings. The number of halogens is 2. The first-order valence-electron chi connectivity index (χ1n) is 6.40. The van der Waals surface area contributed by atoms with Gasteiger partial charge in [0.2, 0.25) is 5.91 Å². The number of ether oxygens (including phenoxy) is 1. The van der Waals surface area contributed by atoms with Gasteiger partial charge >= 0.3 is 6.61 Å². The predicted molar refractivity (Wildman–Crippen MR) is 71.5 cm³/mol. The second kappa shape index (κ2) is 4.83. The molecule has 2 aromatic rings. The molecule has 3 N–H and O–H groups in total. The average Bonchev–Trinajstić information content (AvgIpc) is 2.83. The standard InChI is InChI=1S/C14H12F2N2O3/c15-14(16)21-6-1-4-10-9(5-6)12(19)7-2-3-8(13(17)20)11(7)18-10/h1,4-5,8,14H,2-3H2,(H2,17,20)(H,18,19). The van der Waals surface area contributed by atoms with Crippen molar-refractivity contribution < 1.29 is 18.3 Å². The number of nitrogens with two attached hydrogens (primary N) is 1. The molecule has 1 atom stereocenters. The molecule has 110 valence electrons. The molecule has 0 saturated carbocycles. The van der Waals surface area contributed by atoms with E-state index in [0.717, 1.165) is 0 Å². The highest BCUT2D eigenvalue weighted by Crippen LogP contribution is 2.31. The maximum atomic E-state index is 12.4. The number of benzene rings is 1. The molecule has 1 heterocycles. The number of hydrogen-bond acceptors (Lipinski definition) is 3. The number of primary amides is 1. The molecule has 7 heteroatoms. The highest BCUT2D eigenvalue weighted by Gasteiger charge is 2.30. The first-order chi connectivity index (χ1) is 9.97. The Kier molecular flexibility index (Phi) is 3.12. The first kappa shape index (κ1) is 13.5. The van der Waals surface area contributed by atoms with Gasteiger partial charge in [-0.3, -0.25) is 9.59 Å². The van der Waals surface area contributed by atoms with Gasteiger partial charge in [0.05, 0.1) is 5.92 Å². The van der Waals surface area contributed by atoms with Gasteiger partial charge in [-0.1, -0.05) is 0 Å². The number of carbonyl (C=O) groups is 1. The van der Waals surface area contributed by atoms with Crippen molar-refractivity contribution in [2.45, 2.75) is 25.4 Å². The minimum Gasteiger partial charge on any atom is -0.435 e. The Balaban J connectivity index is 2.17. The zero-order valence-corrected chi connectivity index (χ0v) is 10.9. The van der Waals surface area contributed by atoms with Gasteiger partial charge in [0.1, 0.15) is 5.75 Å². The summed E-state index contributed by atoms with van der Waals surface area (Å²) in [7, 11) is 0. The van der Waals surface area contributed by atoms with Gasteiger partial charge in [0.25, 0.3) is 0 Å². The largest absolute Gasteiger partial charge is 0.435 e. The maximum absolute atomic E-state index is 12.4. The van der Waals surface area contributed by atoms with Crippen molar-refractivity contribution in [3.05, 3.63) is 39.7 Å². The topological polar surface area (TPSA) is 85.2 Å². The SMILES string of the molecule is NC(=O)C1CCc2c1[nH]c1ccc(OC(F)F)cc1c2=O. The van der Waals surface area contributed by atoms with E-state index >= 15 is 0 Å². The molecule has 1 aliphatic rings. The van der Waals surface area contributed by atoms with Crippen molar-refractivity contribution in [1.29, 1.82) is 0 Å². The van der Waals surface area contributed by atoms with E-state index in [1.165, 1.54) is 18.2 Å². The number of nitrogens with one attached hydrogen (secondary N) is 1. The molecular weight excluding hydrogens is 282 g/mol. The number of pyridine rings is 1. The van der Waals surface area contributed by atoms with E-state index in [4.69, 9.17) is 5.73 Å². The van der Waals surface area contributed by atoms with Crippen LogP contribution in [0.2, 0.25) is 0 Å². The van der Waals surface area contributed by atoms with Crippen LogP contribution in [0.3, 0.4) is 0 Å². The van der Waals surface area contributed by atoms with Crippen molar-refractivity contribution in [3.63, 3.8) is 0 Å². The lowest BCUT2D eigenvalue weighted by Crippen LogP contribution is -2.21. The van der Waals surface area contributed by atoms with Gasteiger partial charge in [-0.15, -0.1) is 0 Å². The number of aromatic amines is 1. The molecule has 1 aromatic carbocycles. The zero-order valence-electron chi connectivity index (χ0n) is 10.9. The van der Waals surface area contributed by atoms with Crippen LogP contribution in [0.25, 0.3) is 10.9 Å². The van der Waals surface area contributed by atoms with E-state index in [0.29, 0.717) is 29.6 Å². The molecule has 0 saturated heterocycles. The Hall–Kier alpha value is -2.44. The lowest BCUT2D eigenvalue weighted by molar-refractivity contribution is -0.119. The van der Waals surface area contributed by atoms with Crippen molar-refractivity contribution >= 4 is 16.8 Å². The van der Waals surface area contributed by atoms with Crippen LogP contribution < -0.4 is 15.9 Å². The summed E-state index contributed by atoms with van der Waals surface area (Å²) in [6.45, 7) is -2.95. The van der Waals surface area contributed by atoms with Crippen LogP contribution in [-0.4, -0.2) is 17.5 Å². The molecule has 3 rings (SSSR count). The Bertz CT molecular complexity index is 786. The average molecular weight is 294 g/mol. The zero-order chi connectivity index (χ0) is 15.1. The van der Waals surface area contributed by atoms with Crippen molar-refractivity contribution in [3.8, 4) is 5.75 Å². The minimum atomic E-state index is -2.95. The van der Waals surface area contributed by atoms with E-state index in [9.17, 15) is 18.4 Å². The summed E-state index contributed by atoms with van der Waals surface area (Å²) in [5.41, 5.74) is 6.53. The summed E-state index contributed by atoms with van der Waals surface area (Å²) >= 11 is 0. The van der Waals surface area contributed by atoms with Gasteiger partial charge in [-0.05, 0) is 31.0 Å². The van der Waals surface area contributed by atoms with Crippen molar-refractivity contribution in [2.75, 3.05) is 0 Å². The Morgan fingerprint density at radius 2 is 2.19 bits per heavy atom. The van der Waals surface area contributed by atoms with Gasteiger partial charge in [-0.2, -0.15) is 8.78 Å². The fourth-order valence-electron chi connectivity index (χ4n) is 2.76. The quantitative estimate of drug-likeness (QED) is 0.902. The minimum absolute atomic E-state index is 0.0765. The first-order valence-corrected chi connectivity index (χ1v) is 6.40. The number of fused-ring (bicyclic) bond motifs is 2. The number of H-pyrrole nitrogens is 1. The Morgan fingerprint density at radius 1 is 1.43 bits per heavy atom. The lowest BCUT2D eigenvalue weighted by Gasteiger charge is -2.10. The monoisotopic (exact) mass is 294 g/mol. The molecule has 21 heavy (non-hydrogen) atoms. The number of hydrogen-bond donors (Lipinski definition) is 2. The molecule has 0 aliphatic heterocycles. The van der Waals surface area contributed by atoms with E-state index in [-0.39, 0.29) is 16.6 Å². The number of alkyl halides is 2. The highest BCUT2D eigenvalue weighted by atomic mass is 19.3. The molecule has 1 aliphatic carbocycles. The molecule has 5 nitrogen and oxygen atoms in total. The van der Waals surface area contributed by atoms with E-state index in [1.54, 1.807) is 0 Å². The van der Waals surface area contributed by atoms with E-state index < -0.39 is 18.4 Å². The van der Waals surface area contributed by atoms with Gasteiger partial charge in [-0.25, -0.2) is 0 Å². The summed E-state index contributed by atoms with van der Waals surface area (Å²) < 4.78 is 28.7. The van der Waals surface area contributed by atoms with Gasteiger partial charge < -0.3 is 15.5 Å². The molecule has 1 aromatic heterocycles. The molecule has 1 unspecified atom stereocenters. The third kappa shape index (κ3) is 2.24. The molecule has 1 amide bonds.